The summed E-state index contributed by atoms with van der Waals surface area (Å²) in [6.45, 7) is 6.50. The second-order valence-electron chi connectivity index (χ2n) is 3.55. The van der Waals surface area contributed by atoms with Crippen LogP contribution in [-0.4, -0.2) is 9.73 Å². The topological polar surface area (TPSA) is 12.9 Å². The van der Waals surface area contributed by atoms with E-state index in [1.165, 1.54) is 0 Å². The van der Waals surface area contributed by atoms with Crippen molar-refractivity contribution in [2.75, 3.05) is 0 Å². The average Bonchev–Trinajstić information content (AvgIpc) is 1.82. The number of hydrogen-bond acceptors (Lipinski definition) is 2. The van der Waals surface area contributed by atoms with Crippen LogP contribution in [-0.2, 0) is 0 Å². The molecule has 66 valence electrons. The highest BCUT2D eigenvalue weighted by Crippen LogP contribution is 2.32. The lowest BCUT2D eigenvalue weighted by Crippen LogP contribution is -2.06. The maximum absolute atomic E-state index is 5.80. The maximum atomic E-state index is 5.80. The predicted octanol–water partition coefficient (Wildman–Crippen LogP) is 3.63. The first-order chi connectivity index (χ1) is 5.47. The van der Waals surface area contributed by atoms with E-state index in [-0.39, 0.29) is 4.75 Å². The first-order valence-corrected chi connectivity index (χ1v) is 4.96. The Labute approximate surface area is 82.5 Å². The van der Waals surface area contributed by atoms with Gasteiger partial charge in [0.05, 0.1) is 5.02 Å². The van der Waals surface area contributed by atoms with E-state index in [1.54, 1.807) is 18.0 Å². The lowest BCUT2D eigenvalue weighted by atomic mass is 10.3. The van der Waals surface area contributed by atoms with Gasteiger partial charge in [0.25, 0.3) is 0 Å². The SMILES string of the molecule is CC(C)(C)Sc1cncc(Cl)c1. The number of hydrogen-bond donors (Lipinski definition) is 0. The van der Waals surface area contributed by atoms with Crippen LogP contribution in [0.15, 0.2) is 23.4 Å². The largest absolute Gasteiger partial charge is 0.262 e. The molecule has 3 heteroatoms. The molecule has 1 aromatic rings. The van der Waals surface area contributed by atoms with Gasteiger partial charge >= 0.3 is 0 Å². The van der Waals surface area contributed by atoms with Gasteiger partial charge in [0.2, 0.25) is 0 Å². The Kier molecular flexibility index (Phi) is 3.02. The van der Waals surface area contributed by atoms with Crippen molar-refractivity contribution in [1.82, 2.24) is 4.98 Å². The normalized spacial score (nSPS) is 11.7. The van der Waals surface area contributed by atoms with E-state index in [0.717, 1.165) is 4.90 Å². The molecule has 0 aliphatic carbocycles. The van der Waals surface area contributed by atoms with Crippen molar-refractivity contribution >= 4 is 23.4 Å². The molecule has 0 unspecified atom stereocenters. The Balaban J connectivity index is 2.77. The van der Waals surface area contributed by atoms with Gasteiger partial charge in [0.15, 0.2) is 0 Å². The predicted molar refractivity (Wildman–Crippen MR) is 54.9 cm³/mol. The molecule has 1 heterocycles. The van der Waals surface area contributed by atoms with Crippen molar-refractivity contribution in [2.24, 2.45) is 0 Å². The molecule has 0 saturated carbocycles. The van der Waals surface area contributed by atoms with Crippen LogP contribution in [0.1, 0.15) is 20.8 Å². The lowest BCUT2D eigenvalue weighted by Gasteiger charge is -2.16. The molecule has 0 aromatic carbocycles. The summed E-state index contributed by atoms with van der Waals surface area (Å²) in [4.78, 5) is 5.14. The van der Waals surface area contributed by atoms with Gasteiger partial charge in [-0.1, -0.05) is 32.4 Å². The van der Waals surface area contributed by atoms with E-state index >= 15 is 0 Å². The molecule has 1 rings (SSSR count). The van der Waals surface area contributed by atoms with Crippen molar-refractivity contribution in [3.63, 3.8) is 0 Å². The zero-order valence-electron chi connectivity index (χ0n) is 7.47. The number of halogens is 1. The Bertz CT molecular complexity index is 267. The quantitative estimate of drug-likeness (QED) is 0.644. The first kappa shape index (κ1) is 9.87. The van der Waals surface area contributed by atoms with Gasteiger partial charge in [0, 0.05) is 22.0 Å². The zero-order valence-corrected chi connectivity index (χ0v) is 9.04. The molecule has 1 nitrogen and oxygen atoms in total. The molecule has 0 saturated heterocycles. The Morgan fingerprint density at radius 2 is 2.00 bits per heavy atom. The van der Waals surface area contributed by atoms with Gasteiger partial charge in [-0.25, -0.2) is 0 Å². The minimum absolute atomic E-state index is 0.215. The van der Waals surface area contributed by atoms with Crippen molar-refractivity contribution < 1.29 is 0 Å². The van der Waals surface area contributed by atoms with Crippen molar-refractivity contribution in [3.05, 3.63) is 23.5 Å². The third-order valence-corrected chi connectivity index (χ3v) is 2.38. The van der Waals surface area contributed by atoms with Gasteiger partial charge in [-0.05, 0) is 6.07 Å². The highest BCUT2D eigenvalue weighted by atomic mass is 35.5. The second kappa shape index (κ2) is 3.67. The number of pyridine rings is 1. The fraction of sp³-hybridized carbons (Fsp3) is 0.444. The molecule has 0 fully saturated rings. The van der Waals surface area contributed by atoms with E-state index < -0.39 is 0 Å². The summed E-state index contributed by atoms with van der Waals surface area (Å²) in [5.41, 5.74) is 0. The lowest BCUT2D eigenvalue weighted by molar-refractivity contribution is 0.802. The van der Waals surface area contributed by atoms with Crippen molar-refractivity contribution in [1.29, 1.82) is 0 Å². The highest BCUT2D eigenvalue weighted by molar-refractivity contribution is 8.00. The Morgan fingerprint density at radius 3 is 2.50 bits per heavy atom. The standard InChI is InChI=1S/C9H12ClNS/c1-9(2,3)12-8-4-7(10)5-11-6-8/h4-6H,1-3H3. The van der Waals surface area contributed by atoms with Gasteiger partial charge in [-0.2, -0.15) is 0 Å². The first-order valence-electron chi connectivity index (χ1n) is 3.77. The highest BCUT2D eigenvalue weighted by Gasteiger charge is 2.11. The Morgan fingerprint density at radius 1 is 1.33 bits per heavy atom. The van der Waals surface area contributed by atoms with Gasteiger partial charge < -0.3 is 0 Å². The zero-order chi connectivity index (χ0) is 9.19. The summed E-state index contributed by atoms with van der Waals surface area (Å²) in [5.74, 6) is 0. The minimum atomic E-state index is 0.215. The van der Waals surface area contributed by atoms with E-state index in [1.807, 2.05) is 12.3 Å². The third-order valence-electron chi connectivity index (χ3n) is 1.10. The Hall–Kier alpha value is -0.210. The maximum Gasteiger partial charge on any atom is 0.0600 e. The summed E-state index contributed by atoms with van der Waals surface area (Å²) in [6.07, 6.45) is 3.48. The molecule has 1 aromatic heterocycles. The van der Waals surface area contributed by atoms with Crippen LogP contribution >= 0.6 is 23.4 Å². The molecule has 0 amide bonds. The molecule has 0 aliphatic heterocycles. The number of aromatic nitrogens is 1. The fourth-order valence-electron chi connectivity index (χ4n) is 0.802. The van der Waals surface area contributed by atoms with E-state index in [9.17, 15) is 0 Å². The number of thioether (sulfide) groups is 1. The molecule has 0 bridgehead atoms. The van der Waals surface area contributed by atoms with E-state index in [4.69, 9.17) is 11.6 Å². The average molecular weight is 202 g/mol. The van der Waals surface area contributed by atoms with Crippen LogP contribution in [0.3, 0.4) is 0 Å². The molecule has 0 aliphatic rings. The summed E-state index contributed by atoms with van der Waals surface area (Å²) < 4.78 is 0.215. The molecule has 0 radical (unpaired) electrons. The molecular formula is C9H12ClNS. The van der Waals surface area contributed by atoms with Gasteiger partial charge in [-0.3, -0.25) is 4.98 Å². The summed E-state index contributed by atoms with van der Waals surface area (Å²) in [5, 5.41) is 0.698. The van der Waals surface area contributed by atoms with Crippen molar-refractivity contribution in [2.45, 2.75) is 30.4 Å². The van der Waals surface area contributed by atoms with Gasteiger partial charge in [-0.15, -0.1) is 11.8 Å². The summed E-state index contributed by atoms with van der Waals surface area (Å²) >= 11 is 7.57. The van der Waals surface area contributed by atoms with E-state index in [2.05, 4.69) is 25.8 Å². The van der Waals surface area contributed by atoms with Gasteiger partial charge in [0.1, 0.15) is 0 Å². The molecule has 0 spiro atoms. The molecule has 0 N–H and O–H groups in total. The van der Waals surface area contributed by atoms with Crippen LogP contribution in [0.2, 0.25) is 5.02 Å². The van der Waals surface area contributed by atoms with Crippen LogP contribution in [0.25, 0.3) is 0 Å². The monoisotopic (exact) mass is 201 g/mol. The fourth-order valence-corrected chi connectivity index (χ4v) is 2.05. The molecule has 12 heavy (non-hydrogen) atoms. The van der Waals surface area contributed by atoms with Crippen LogP contribution < -0.4 is 0 Å². The van der Waals surface area contributed by atoms with Crippen LogP contribution in [0.5, 0.6) is 0 Å². The second-order valence-corrected chi connectivity index (χ2v) is 5.89. The molecule has 0 atom stereocenters. The third kappa shape index (κ3) is 3.46. The van der Waals surface area contributed by atoms with Crippen molar-refractivity contribution in [3.8, 4) is 0 Å². The van der Waals surface area contributed by atoms with Crippen LogP contribution in [0, 0.1) is 0 Å². The molecular weight excluding hydrogens is 190 g/mol. The van der Waals surface area contributed by atoms with E-state index in [0.29, 0.717) is 5.02 Å². The summed E-state index contributed by atoms with van der Waals surface area (Å²) in [6, 6.07) is 1.93. The number of nitrogens with zero attached hydrogens (tertiary/aromatic N) is 1. The number of rotatable bonds is 1. The smallest absolute Gasteiger partial charge is 0.0600 e. The van der Waals surface area contributed by atoms with Crippen LogP contribution in [0.4, 0.5) is 0 Å². The minimum Gasteiger partial charge on any atom is -0.262 e. The summed E-state index contributed by atoms with van der Waals surface area (Å²) in [7, 11) is 0.